The minimum absolute atomic E-state index is 0.0692. The molecule has 1 N–H and O–H groups in total. The number of aliphatic carboxylic acids is 1. The van der Waals surface area contributed by atoms with E-state index in [9.17, 15) is 14.7 Å². The molecular weight excluding hydrogens is 262 g/mol. The van der Waals surface area contributed by atoms with Gasteiger partial charge in [-0.1, -0.05) is 0 Å². The zero-order valence-corrected chi connectivity index (χ0v) is 11.5. The highest BCUT2D eigenvalue weighted by Gasteiger charge is 2.54. The molecule has 3 fully saturated rings. The van der Waals surface area contributed by atoms with Gasteiger partial charge in [0.2, 0.25) is 5.91 Å². The molecule has 0 aromatic carbocycles. The maximum absolute atomic E-state index is 12.1. The molecule has 0 aromatic rings. The number of carbonyl (C=O) groups is 2. The van der Waals surface area contributed by atoms with Crippen molar-refractivity contribution in [3.63, 3.8) is 0 Å². The summed E-state index contributed by atoms with van der Waals surface area (Å²) in [5, 5.41) is 9.53. The molecule has 2 atom stereocenters. The van der Waals surface area contributed by atoms with Gasteiger partial charge in [-0.3, -0.25) is 9.59 Å². The Labute approximate surface area is 118 Å². The average Bonchev–Trinajstić information content (AvgIpc) is 3.15. The van der Waals surface area contributed by atoms with Crippen molar-refractivity contribution in [3.8, 4) is 0 Å². The molecule has 2 heterocycles. The Balaban J connectivity index is 1.58. The number of likely N-dealkylation sites (tertiary alicyclic amines) is 1. The van der Waals surface area contributed by atoms with Gasteiger partial charge in [-0.05, 0) is 25.2 Å². The number of hydrogen-bond acceptors (Lipinski definition) is 4. The fourth-order valence-electron chi connectivity index (χ4n) is 3.18. The molecule has 1 amide bonds. The van der Waals surface area contributed by atoms with Gasteiger partial charge in [-0.15, -0.1) is 0 Å². The maximum Gasteiger partial charge on any atom is 0.311 e. The third-order valence-corrected chi connectivity index (χ3v) is 4.76. The largest absolute Gasteiger partial charge is 0.481 e. The number of rotatable bonds is 5. The number of fused-ring (bicyclic) bond motifs is 1. The fraction of sp³-hybridized carbons (Fsp3) is 0.857. The van der Waals surface area contributed by atoms with Gasteiger partial charge in [0.25, 0.3) is 0 Å². The first-order valence-corrected chi connectivity index (χ1v) is 7.28. The SMILES string of the molecule is O=C(COCC1CC1)N1C[C@H]2COCC[C@@]2(C(=O)O)C1. The molecule has 1 saturated carbocycles. The van der Waals surface area contributed by atoms with Crippen molar-refractivity contribution in [2.75, 3.05) is 39.5 Å². The third kappa shape index (κ3) is 2.54. The van der Waals surface area contributed by atoms with Crippen LogP contribution in [0.5, 0.6) is 0 Å². The molecule has 6 heteroatoms. The molecule has 0 bridgehead atoms. The van der Waals surface area contributed by atoms with Crippen LogP contribution in [0, 0.1) is 17.3 Å². The fourth-order valence-corrected chi connectivity index (χ4v) is 3.18. The number of hydrogen-bond donors (Lipinski definition) is 1. The first kappa shape index (κ1) is 13.8. The van der Waals surface area contributed by atoms with E-state index in [2.05, 4.69) is 0 Å². The molecule has 3 aliphatic rings. The summed E-state index contributed by atoms with van der Waals surface area (Å²) >= 11 is 0. The molecule has 2 aliphatic heterocycles. The molecule has 20 heavy (non-hydrogen) atoms. The summed E-state index contributed by atoms with van der Waals surface area (Å²) in [5.41, 5.74) is -0.815. The number of carboxylic acids is 1. The molecule has 1 aliphatic carbocycles. The van der Waals surface area contributed by atoms with E-state index in [0.717, 1.165) is 0 Å². The second-order valence-corrected chi connectivity index (χ2v) is 6.22. The highest BCUT2D eigenvalue weighted by atomic mass is 16.5. The van der Waals surface area contributed by atoms with E-state index >= 15 is 0 Å². The minimum Gasteiger partial charge on any atom is -0.481 e. The zero-order valence-electron chi connectivity index (χ0n) is 11.5. The van der Waals surface area contributed by atoms with E-state index in [1.54, 1.807) is 4.90 Å². The highest BCUT2D eigenvalue weighted by molar-refractivity contribution is 5.81. The number of amides is 1. The smallest absolute Gasteiger partial charge is 0.311 e. The Morgan fingerprint density at radius 3 is 2.85 bits per heavy atom. The maximum atomic E-state index is 12.1. The first-order chi connectivity index (χ1) is 9.62. The van der Waals surface area contributed by atoms with Crippen LogP contribution < -0.4 is 0 Å². The van der Waals surface area contributed by atoms with E-state index in [-0.39, 0.29) is 18.4 Å². The lowest BCUT2D eigenvalue weighted by molar-refractivity contribution is -0.157. The number of nitrogens with zero attached hydrogens (tertiary/aromatic N) is 1. The quantitative estimate of drug-likeness (QED) is 0.788. The molecule has 6 nitrogen and oxygen atoms in total. The summed E-state index contributed by atoms with van der Waals surface area (Å²) in [7, 11) is 0. The Hall–Kier alpha value is -1.14. The van der Waals surface area contributed by atoms with E-state index in [1.807, 2.05) is 0 Å². The number of carboxylic acid groups (broad SMARTS) is 1. The lowest BCUT2D eigenvalue weighted by Crippen LogP contribution is -2.45. The van der Waals surface area contributed by atoms with E-state index in [1.165, 1.54) is 12.8 Å². The Morgan fingerprint density at radius 1 is 1.40 bits per heavy atom. The van der Waals surface area contributed by atoms with Crippen LogP contribution in [0.2, 0.25) is 0 Å². The predicted molar refractivity (Wildman–Crippen MR) is 69.1 cm³/mol. The van der Waals surface area contributed by atoms with Crippen molar-refractivity contribution in [1.29, 1.82) is 0 Å². The standard InChI is InChI=1S/C14H21NO5/c16-12(8-20-6-10-1-2-10)15-5-11-7-19-4-3-14(11,9-15)13(17)18/h10-11H,1-9H2,(H,17,18)/t11-,14+/m0/s1. The summed E-state index contributed by atoms with van der Waals surface area (Å²) < 4.78 is 10.8. The molecule has 0 radical (unpaired) electrons. The van der Waals surface area contributed by atoms with E-state index < -0.39 is 11.4 Å². The predicted octanol–water partition coefficient (Wildman–Crippen LogP) is 0.363. The van der Waals surface area contributed by atoms with Crippen LogP contribution >= 0.6 is 0 Å². The van der Waals surface area contributed by atoms with Crippen molar-refractivity contribution in [2.24, 2.45) is 17.3 Å². The van der Waals surface area contributed by atoms with Crippen LogP contribution in [0.15, 0.2) is 0 Å². The highest BCUT2D eigenvalue weighted by Crippen LogP contribution is 2.42. The molecule has 112 valence electrons. The summed E-state index contributed by atoms with van der Waals surface area (Å²) in [6, 6.07) is 0. The minimum atomic E-state index is -0.815. The van der Waals surface area contributed by atoms with Gasteiger partial charge in [0.1, 0.15) is 6.61 Å². The molecule has 0 aromatic heterocycles. The van der Waals surface area contributed by atoms with Gasteiger partial charge in [0, 0.05) is 25.6 Å². The lowest BCUT2D eigenvalue weighted by Gasteiger charge is -2.33. The lowest BCUT2D eigenvalue weighted by atomic mass is 9.74. The molecular formula is C14H21NO5. The van der Waals surface area contributed by atoms with Gasteiger partial charge in [-0.2, -0.15) is 0 Å². The van der Waals surface area contributed by atoms with Crippen LogP contribution in [-0.2, 0) is 19.1 Å². The first-order valence-electron chi connectivity index (χ1n) is 7.28. The second-order valence-electron chi connectivity index (χ2n) is 6.22. The second kappa shape index (κ2) is 5.33. The van der Waals surface area contributed by atoms with Crippen LogP contribution in [-0.4, -0.2) is 61.4 Å². The van der Waals surface area contributed by atoms with Gasteiger partial charge in [0.05, 0.1) is 18.6 Å². The van der Waals surface area contributed by atoms with Crippen LogP contribution in [0.1, 0.15) is 19.3 Å². The van der Waals surface area contributed by atoms with Crippen molar-refractivity contribution >= 4 is 11.9 Å². The van der Waals surface area contributed by atoms with Crippen molar-refractivity contribution in [1.82, 2.24) is 4.90 Å². The van der Waals surface area contributed by atoms with Crippen LogP contribution in [0.3, 0.4) is 0 Å². The Bertz CT molecular complexity index is 408. The Kier molecular flexibility index (Phi) is 3.69. The van der Waals surface area contributed by atoms with Crippen LogP contribution in [0.4, 0.5) is 0 Å². The summed E-state index contributed by atoms with van der Waals surface area (Å²) in [6.45, 7) is 2.37. The van der Waals surface area contributed by atoms with Gasteiger partial charge < -0.3 is 19.5 Å². The van der Waals surface area contributed by atoms with Gasteiger partial charge in [0.15, 0.2) is 0 Å². The van der Waals surface area contributed by atoms with Gasteiger partial charge in [-0.25, -0.2) is 0 Å². The van der Waals surface area contributed by atoms with Gasteiger partial charge >= 0.3 is 5.97 Å². The van der Waals surface area contributed by atoms with Crippen LogP contribution in [0.25, 0.3) is 0 Å². The molecule has 2 saturated heterocycles. The average molecular weight is 283 g/mol. The van der Waals surface area contributed by atoms with Crippen molar-refractivity contribution < 1.29 is 24.2 Å². The normalized spacial score (nSPS) is 33.0. The zero-order chi connectivity index (χ0) is 14.2. The number of carbonyl (C=O) groups excluding carboxylic acids is 1. The summed E-state index contributed by atoms with van der Waals surface area (Å²) in [4.78, 5) is 25.4. The molecule has 0 unspecified atom stereocenters. The van der Waals surface area contributed by atoms with E-state index in [4.69, 9.17) is 9.47 Å². The summed E-state index contributed by atoms with van der Waals surface area (Å²) in [5.74, 6) is -0.371. The van der Waals surface area contributed by atoms with Crippen molar-refractivity contribution in [2.45, 2.75) is 19.3 Å². The molecule has 0 spiro atoms. The summed E-state index contributed by atoms with van der Waals surface area (Å²) in [6.07, 6.45) is 2.87. The van der Waals surface area contributed by atoms with Crippen molar-refractivity contribution in [3.05, 3.63) is 0 Å². The number of ether oxygens (including phenoxy) is 2. The van der Waals surface area contributed by atoms with E-state index in [0.29, 0.717) is 45.2 Å². The molecule has 3 rings (SSSR count). The monoisotopic (exact) mass is 283 g/mol. The third-order valence-electron chi connectivity index (χ3n) is 4.76. The topological polar surface area (TPSA) is 76.1 Å². The Morgan fingerprint density at radius 2 is 2.20 bits per heavy atom.